The van der Waals surface area contributed by atoms with Crippen LogP contribution in [0.1, 0.15) is 40.0 Å². The number of allylic oxidation sites excluding steroid dienone is 2. The van der Waals surface area contributed by atoms with Gasteiger partial charge < -0.3 is 9.64 Å². The second-order valence-electron chi connectivity index (χ2n) is 6.95. The highest BCUT2D eigenvalue weighted by Crippen LogP contribution is 2.34. The molecule has 2 fully saturated rings. The third-order valence-corrected chi connectivity index (χ3v) is 7.23. The molecule has 1 aromatic rings. The van der Waals surface area contributed by atoms with Crippen LogP contribution in [0.15, 0.2) is 34.9 Å². The first-order valence-corrected chi connectivity index (χ1v) is 10.7. The van der Waals surface area contributed by atoms with Gasteiger partial charge in [0.2, 0.25) is 21.6 Å². The molecule has 0 spiro atoms. The number of sulfonamides is 1. The summed E-state index contributed by atoms with van der Waals surface area (Å²) >= 11 is 0. The van der Waals surface area contributed by atoms with Crippen molar-refractivity contribution in [2.24, 2.45) is 0 Å². The fourth-order valence-electron chi connectivity index (χ4n) is 3.89. The van der Waals surface area contributed by atoms with Crippen LogP contribution in [0.25, 0.3) is 0 Å². The lowest BCUT2D eigenvalue weighted by atomic mass is 9.91. The van der Waals surface area contributed by atoms with Gasteiger partial charge in [-0.05, 0) is 12.8 Å². The molecule has 2 aliphatic heterocycles. The van der Waals surface area contributed by atoms with Gasteiger partial charge in [0.05, 0.1) is 13.2 Å². The Balaban J connectivity index is 1.89. The number of Topliss-reactive ketones (excluding diaryl/α,β-unsaturated/α-hetero) is 2. The molecule has 144 valence electrons. The van der Waals surface area contributed by atoms with Gasteiger partial charge in [0.15, 0.2) is 4.91 Å². The Hall–Kier alpha value is -2.03. The number of morpholine rings is 1. The van der Waals surface area contributed by atoms with Crippen molar-refractivity contribution in [1.29, 1.82) is 0 Å². The van der Waals surface area contributed by atoms with E-state index >= 15 is 0 Å². The van der Waals surface area contributed by atoms with Gasteiger partial charge in [-0.2, -0.15) is 4.31 Å². The molecule has 0 radical (unpaired) electrons. The van der Waals surface area contributed by atoms with E-state index in [0.29, 0.717) is 39.4 Å². The van der Waals surface area contributed by atoms with Gasteiger partial charge >= 0.3 is 0 Å². The maximum Gasteiger partial charge on any atom is 0.249 e. The molecule has 0 N–H and O–H groups in total. The van der Waals surface area contributed by atoms with Crippen LogP contribution in [0, 0.1) is 0 Å². The van der Waals surface area contributed by atoms with Gasteiger partial charge in [0, 0.05) is 37.3 Å². The highest BCUT2D eigenvalue weighted by molar-refractivity contribution is 7.94. The first-order chi connectivity index (χ1) is 13.0. The van der Waals surface area contributed by atoms with Gasteiger partial charge in [-0.1, -0.05) is 30.7 Å². The molecule has 2 saturated heterocycles. The molecule has 0 aromatic heterocycles. The van der Waals surface area contributed by atoms with Crippen LogP contribution in [0.5, 0.6) is 0 Å². The summed E-state index contributed by atoms with van der Waals surface area (Å²) in [5.74, 6) is -0.986. The number of carbonyl (C=O) groups excluding carboxylic acids is 2. The van der Waals surface area contributed by atoms with E-state index < -0.39 is 21.6 Å². The zero-order valence-corrected chi connectivity index (χ0v) is 15.8. The summed E-state index contributed by atoms with van der Waals surface area (Å²) < 4.78 is 33.5. The predicted molar refractivity (Wildman–Crippen MR) is 98.9 cm³/mol. The molecule has 3 aliphatic rings. The van der Waals surface area contributed by atoms with Gasteiger partial charge in [0.25, 0.3) is 0 Å². The lowest BCUT2D eigenvalue weighted by Crippen LogP contribution is -2.45. The quantitative estimate of drug-likeness (QED) is 0.776. The maximum atomic E-state index is 13.4. The van der Waals surface area contributed by atoms with Crippen molar-refractivity contribution < 1.29 is 22.7 Å². The average Bonchev–Trinajstić information content (AvgIpc) is 2.71. The van der Waals surface area contributed by atoms with Crippen molar-refractivity contribution in [2.45, 2.75) is 19.3 Å². The van der Waals surface area contributed by atoms with E-state index in [1.165, 1.54) is 10.4 Å². The third kappa shape index (κ3) is 3.11. The minimum atomic E-state index is -4.05. The van der Waals surface area contributed by atoms with Gasteiger partial charge in [-0.25, -0.2) is 8.42 Å². The van der Waals surface area contributed by atoms with Crippen molar-refractivity contribution in [3.8, 4) is 0 Å². The summed E-state index contributed by atoms with van der Waals surface area (Å²) in [6.07, 6.45) is 2.49. The van der Waals surface area contributed by atoms with Crippen molar-refractivity contribution in [1.82, 2.24) is 9.21 Å². The Kier molecular flexibility index (Phi) is 4.88. The van der Waals surface area contributed by atoms with E-state index in [-0.39, 0.29) is 21.7 Å². The number of ketones is 2. The molecule has 7 nitrogen and oxygen atoms in total. The molecule has 1 aromatic carbocycles. The number of ether oxygens (including phenoxy) is 1. The highest BCUT2D eigenvalue weighted by atomic mass is 32.2. The van der Waals surface area contributed by atoms with Crippen LogP contribution in [0.4, 0.5) is 0 Å². The molecule has 0 bridgehead atoms. The largest absolute Gasteiger partial charge is 0.378 e. The highest BCUT2D eigenvalue weighted by Gasteiger charge is 2.44. The van der Waals surface area contributed by atoms with E-state index in [9.17, 15) is 18.0 Å². The molecule has 0 amide bonds. The van der Waals surface area contributed by atoms with Crippen LogP contribution < -0.4 is 0 Å². The molecule has 8 heteroatoms. The molecule has 27 heavy (non-hydrogen) atoms. The van der Waals surface area contributed by atoms with Crippen molar-refractivity contribution in [3.63, 3.8) is 0 Å². The number of hydrogen-bond donors (Lipinski definition) is 0. The van der Waals surface area contributed by atoms with Gasteiger partial charge in [0.1, 0.15) is 5.70 Å². The lowest BCUT2D eigenvalue weighted by molar-refractivity contribution is 0.0498. The van der Waals surface area contributed by atoms with Crippen LogP contribution in [0.3, 0.4) is 0 Å². The summed E-state index contributed by atoms with van der Waals surface area (Å²) in [5.41, 5.74) is 0.434. The first-order valence-electron chi connectivity index (χ1n) is 9.27. The molecular formula is C19H22N2O5S. The second kappa shape index (κ2) is 7.18. The molecule has 0 saturated carbocycles. The predicted octanol–water partition coefficient (Wildman–Crippen LogP) is 1.43. The normalized spacial score (nSPS) is 22.1. The summed E-state index contributed by atoms with van der Waals surface area (Å²) in [6, 6.07) is 6.44. The number of hydrogen-bond acceptors (Lipinski definition) is 6. The average molecular weight is 390 g/mol. The number of benzene rings is 1. The Morgan fingerprint density at radius 3 is 2.04 bits per heavy atom. The van der Waals surface area contributed by atoms with Crippen LogP contribution >= 0.6 is 0 Å². The van der Waals surface area contributed by atoms with Gasteiger partial charge in [-0.3, -0.25) is 9.59 Å². The summed E-state index contributed by atoms with van der Waals surface area (Å²) in [4.78, 5) is 27.8. The molecule has 2 heterocycles. The van der Waals surface area contributed by atoms with Crippen molar-refractivity contribution >= 4 is 21.6 Å². The van der Waals surface area contributed by atoms with Crippen LogP contribution in [-0.2, 0) is 14.8 Å². The summed E-state index contributed by atoms with van der Waals surface area (Å²) in [6.45, 7) is 2.31. The van der Waals surface area contributed by atoms with Gasteiger partial charge in [-0.15, -0.1) is 0 Å². The molecular weight excluding hydrogens is 368 g/mol. The zero-order valence-electron chi connectivity index (χ0n) is 15.0. The standard InChI is InChI=1S/C19H22N2O5S/c22-17-14-6-2-3-7-15(14)18(23)19(16(17)20-10-12-26-13-11-20)27(24,25)21-8-4-1-5-9-21/h2-3,6-7H,1,4-5,8-13H2. The smallest absolute Gasteiger partial charge is 0.249 e. The monoisotopic (exact) mass is 390 g/mol. The van der Waals surface area contributed by atoms with E-state index in [1.807, 2.05) is 0 Å². The van der Waals surface area contributed by atoms with Crippen molar-refractivity contribution in [2.75, 3.05) is 39.4 Å². The molecule has 0 unspecified atom stereocenters. The first kappa shape index (κ1) is 18.3. The number of fused-ring (bicyclic) bond motifs is 1. The zero-order chi connectivity index (χ0) is 19.0. The fraction of sp³-hybridized carbons (Fsp3) is 0.474. The van der Waals surface area contributed by atoms with E-state index in [0.717, 1.165) is 19.3 Å². The van der Waals surface area contributed by atoms with Crippen molar-refractivity contribution in [3.05, 3.63) is 46.0 Å². The Morgan fingerprint density at radius 2 is 1.41 bits per heavy atom. The number of piperidine rings is 1. The SMILES string of the molecule is O=C1C(N2CCOCC2)=C(S(=O)(=O)N2CCCCC2)C(=O)c2ccccc21. The summed E-state index contributed by atoms with van der Waals surface area (Å²) in [7, 11) is -4.05. The lowest BCUT2D eigenvalue weighted by Gasteiger charge is -2.35. The minimum absolute atomic E-state index is 0.00701. The number of carbonyl (C=O) groups is 2. The maximum absolute atomic E-state index is 13.4. The molecule has 0 atom stereocenters. The fourth-order valence-corrected chi connectivity index (χ4v) is 5.69. The Morgan fingerprint density at radius 1 is 0.815 bits per heavy atom. The Bertz CT molecular complexity index is 910. The van der Waals surface area contributed by atoms with Crippen LogP contribution in [-0.4, -0.2) is 68.6 Å². The summed E-state index contributed by atoms with van der Waals surface area (Å²) in [5, 5.41) is 0. The molecule has 1 aliphatic carbocycles. The number of nitrogens with zero attached hydrogens (tertiary/aromatic N) is 2. The topological polar surface area (TPSA) is 84.0 Å². The minimum Gasteiger partial charge on any atom is -0.378 e. The third-order valence-electron chi connectivity index (χ3n) is 5.29. The van der Waals surface area contributed by atoms with Crippen LogP contribution in [0.2, 0.25) is 0 Å². The van der Waals surface area contributed by atoms with E-state index in [2.05, 4.69) is 0 Å². The molecule has 4 rings (SSSR count). The second-order valence-corrected chi connectivity index (χ2v) is 8.82. The number of rotatable bonds is 3. The van der Waals surface area contributed by atoms with E-state index in [1.54, 1.807) is 23.1 Å². The Labute approximate surface area is 158 Å². The van der Waals surface area contributed by atoms with E-state index in [4.69, 9.17) is 4.74 Å².